The summed E-state index contributed by atoms with van der Waals surface area (Å²) >= 11 is 0. The van der Waals surface area contributed by atoms with Gasteiger partial charge in [-0.1, -0.05) is 46.2 Å². The normalized spacial score (nSPS) is 14.7. The van der Waals surface area contributed by atoms with Crippen molar-refractivity contribution in [3.05, 3.63) is 45.9 Å². The van der Waals surface area contributed by atoms with Crippen LogP contribution in [0.5, 0.6) is 0 Å². The Morgan fingerprint density at radius 3 is 2.68 bits per heavy atom. The Morgan fingerprint density at radius 1 is 1.21 bits per heavy atom. The van der Waals surface area contributed by atoms with Crippen molar-refractivity contribution >= 4 is 22.7 Å². The van der Waals surface area contributed by atoms with Crippen molar-refractivity contribution in [1.82, 2.24) is 19.7 Å². The first-order chi connectivity index (χ1) is 16.2. The molecule has 34 heavy (non-hydrogen) atoms. The molecule has 4 rings (SSSR count). The van der Waals surface area contributed by atoms with Gasteiger partial charge in [-0.25, -0.2) is 4.98 Å². The lowest BCUT2D eigenvalue weighted by Gasteiger charge is -2.30. The van der Waals surface area contributed by atoms with Gasteiger partial charge in [0.15, 0.2) is 5.52 Å². The number of aromatic nitrogens is 4. The van der Waals surface area contributed by atoms with E-state index in [-0.39, 0.29) is 11.0 Å². The minimum Gasteiger partial charge on any atom is -0.378 e. The van der Waals surface area contributed by atoms with Gasteiger partial charge in [0.1, 0.15) is 5.52 Å². The molecule has 8 heteroatoms. The number of anilines is 2. The summed E-state index contributed by atoms with van der Waals surface area (Å²) in [7, 11) is 1.81. The molecular formula is C26H38N6O2. The maximum absolute atomic E-state index is 13.1. The summed E-state index contributed by atoms with van der Waals surface area (Å²) in [5, 5.41) is 4.57. The van der Waals surface area contributed by atoms with Gasteiger partial charge < -0.3 is 14.5 Å². The number of aromatic amines is 1. The molecule has 2 aromatic heterocycles. The summed E-state index contributed by atoms with van der Waals surface area (Å²) in [6.07, 6.45) is 2.74. The van der Waals surface area contributed by atoms with E-state index in [1.54, 1.807) is 4.68 Å². The van der Waals surface area contributed by atoms with Crippen LogP contribution in [0.1, 0.15) is 51.8 Å². The lowest BCUT2D eigenvalue weighted by atomic mass is 9.92. The molecule has 1 aliphatic rings. The van der Waals surface area contributed by atoms with E-state index in [1.165, 1.54) is 11.3 Å². The van der Waals surface area contributed by atoms with Crippen molar-refractivity contribution in [3.63, 3.8) is 0 Å². The van der Waals surface area contributed by atoms with Gasteiger partial charge in [0, 0.05) is 38.9 Å². The number of nitrogens with zero attached hydrogens (tertiary/aromatic N) is 5. The Labute approximate surface area is 201 Å². The molecule has 0 bridgehead atoms. The number of rotatable bonds is 8. The molecule has 3 heterocycles. The van der Waals surface area contributed by atoms with Gasteiger partial charge >= 0.3 is 0 Å². The van der Waals surface area contributed by atoms with Gasteiger partial charge in [0.05, 0.1) is 18.9 Å². The highest BCUT2D eigenvalue weighted by Crippen LogP contribution is 2.25. The van der Waals surface area contributed by atoms with Crippen molar-refractivity contribution in [1.29, 1.82) is 0 Å². The molecule has 1 aliphatic heterocycles. The van der Waals surface area contributed by atoms with E-state index < -0.39 is 0 Å². The fraction of sp³-hybridized carbons (Fsp3) is 0.577. The van der Waals surface area contributed by atoms with Gasteiger partial charge in [-0.15, -0.1) is 0 Å². The number of aryl methyl sites for hydroxylation is 2. The second-order valence-corrected chi connectivity index (χ2v) is 10.4. The fourth-order valence-electron chi connectivity index (χ4n) is 4.41. The van der Waals surface area contributed by atoms with Crippen LogP contribution in [0.15, 0.2) is 29.1 Å². The number of ether oxygens (including phenoxy) is 1. The van der Waals surface area contributed by atoms with Crippen LogP contribution in [0.3, 0.4) is 0 Å². The van der Waals surface area contributed by atoms with Crippen LogP contribution in [0.25, 0.3) is 11.0 Å². The molecule has 0 aliphatic carbocycles. The summed E-state index contributed by atoms with van der Waals surface area (Å²) in [5.41, 5.74) is 4.58. The number of nitrogens with one attached hydrogen (secondary N) is 1. The zero-order valence-electron chi connectivity index (χ0n) is 21.2. The molecule has 0 atom stereocenters. The SMILES string of the molecule is CCCc1nn(C)c2c(=O)[nH]c(N(CCC(C)(C)C)Cc3cccc(N4CCOCC4)c3)nc12. The average Bonchev–Trinajstić information content (AvgIpc) is 3.12. The van der Waals surface area contributed by atoms with E-state index in [1.807, 2.05) is 7.05 Å². The zero-order chi connectivity index (χ0) is 24.3. The molecule has 1 saturated heterocycles. The Bertz CT molecular complexity index is 1170. The molecule has 8 nitrogen and oxygen atoms in total. The third-order valence-electron chi connectivity index (χ3n) is 6.33. The summed E-state index contributed by atoms with van der Waals surface area (Å²) in [4.78, 5) is 25.6. The second-order valence-electron chi connectivity index (χ2n) is 10.4. The molecule has 0 saturated carbocycles. The van der Waals surface area contributed by atoms with E-state index in [0.717, 1.165) is 57.8 Å². The third kappa shape index (κ3) is 5.60. The minimum atomic E-state index is -0.139. The van der Waals surface area contributed by atoms with E-state index in [4.69, 9.17) is 9.72 Å². The van der Waals surface area contributed by atoms with Gasteiger partial charge in [0.2, 0.25) is 5.95 Å². The Morgan fingerprint density at radius 2 is 1.97 bits per heavy atom. The minimum absolute atomic E-state index is 0.139. The van der Waals surface area contributed by atoms with Crippen LogP contribution in [0.2, 0.25) is 0 Å². The highest BCUT2D eigenvalue weighted by atomic mass is 16.5. The van der Waals surface area contributed by atoms with E-state index in [0.29, 0.717) is 23.5 Å². The van der Waals surface area contributed by atoms with Crippen molar-refractivity contribution in [3.8, 4) is 0 Å². The molecule has 3 aromatic rings. The fourth-order valence-corrected chi connectivity index (χ4v) is 4.41. The maximum atomic E-state index is 13.1. The monoisotopic (exact) mass is 466 g/mol. The molecule has 184 valence electrons. The lowest BCUT2D eigenvalue weighted by molar-refractivity contribution is 0.122. The third-order valence-corrected chi connectivity index (χ3v) is 6.33. The standard InChI is InChI=1S/C26H38N6O2/c1-6-8-21-22-23(30(5)29-21)24(33)28-25(27-22)32(12-11-26(2,3)4)18-19-9-7-10-20(17-19)31-13-15-34-16-14-31/h7,9-10,17H,6,8,11-16,18H2,1-5H3,(H,27,28,33). The topological polar surface area (TPSA) is 79.3 Å². The molecule has 0 radical (unpaired) electrons. The highest BCUT2D eigenvalue weighted by Gasteiger charge is 2.20. The van der Waals surface area contributed by atoms with Crippen LogP contribution in [-0.4, -0.2) is 52.6 Å². The Balaban J connectivity index is 1.68. The van der Waals surface area contributed by atoms with Crippen LogP contribution >= 0.6 is 0 Å². The first-order valence-corrected chi connectivity index (χ1v) is 12.4. The van der Waals surface area contributed by atoms with Crippen molar-refractivity contribution < 1.29 is 4.74 Å². The van der Waals surface area contributed by atoms with Crippen LogP contribution in [0.4, 0.5) is 11.6 Å². The number of fused-ring (bicyclic) bond motifs is 1. The van der Waals surface area contributed by atoms with Crippen molar-refractivity contribution in [2.24, 2.45) is 12.5 Å². The number of hydrogen-bond acceptors (Lipinski definition) is 6. The number of morpholine rings is 1. The second kappa shape index (κ2) is 10.2. The summed E-state index contributed by atoms with van der Waals surface area (Å²) in [6, 6.07) is 8.67. The predicted octanol–water partition coefficient (Wildman–Crippen LogP) is 3.89. The zero-order valence-corrected chi connectivity index (χ0v) is 21.2. The quantitative estimate of drug-likeness (QED) is 0.543. The van der Waals surface area contributed by atoms with Crippen molar-refractivity contribution in [2.45, 2.75) is 53.5 Å². The van der Waals surface area contributed by atoms with Gasteiger partial charge in [0.25, 0.3) is 5.56 Å². The number of H-pyrrole nitrogens is 1. The van der Waals surface area contributed by atoms with E-state index in [9.17, 15) is 4.79 Å². The Hall–Kier alpha value is -2.87. The molecule has 0 amide bonds. The molecule has 1 fully saturated rings. The molecule has 1 aromatic carbocycles. The molecule has 1 N–H and O–H groups in total. The van der Waals surface area contributed by atoms with Gasteiger partial charge in [-0.2, -0.15) is 5.10 Å². The predicted molar refractivity (Wildman–Crippen MR) is 138 cm³/mol. The van der Waals surface area contributed by atoms with Crippen LogP contribution in [0, 0.1) is 5.41 Å². The van der Waals surface area contributed by atoms with Gasteiger partial charge in [-0.3, -0.25) is 14.5 Å². The molecule has 0 unspecified atom stereocenters. The summed E-state index contributed by atoms with van der Waals surface area (Å²) in [6.45, 7) is 13.6. The molecule has 0 spiro atoms. The smallest absolute Gasteiger partial charge is 0.278 e. The van der Waals surface area contributed by atoms with E-state index >= 15 is 0 Å². The van der Waals surface area contributed by atoms with E-state index in [2.05, 4.69) is 71.8 Å². The Kier molecular flexibility index (Phi) is 7.26. The van der Waals surface area contributed by atoms with Crippen LogP contribution in [-0.2, 0) is 24.8 Å². The molecular weight excluding hydrogens is 428 g/mol. The number of benzene rings is 1. The van der Waals surface area contributed by atoms with Crippen molar-refractivity contribution in [2.75, 3.05) is 42.6 Å². The van der Waals surface area contributed by atoms with Crippen LogP contribution < -0.4 is 15.4 Å². The average molecular weight is 467 g/mol. The number of hydrogen-bond donors (Lipinski definition) is 1. The summed E-state index contributed by atoms with van der Waals surface area (Å²) in [5.74, 6) is 0.615. The largest absolute Gasteiger partial charge is 0.378 e. The summed E-state index contributed by atoms with van der Waals surface area (Å²) < 4.78 is 7.17. The lowest BCUT2D eigenvalue weighted by Crippen LogP contribution is -2.36. The first-order valence-electron chi connectivity index (χ1n) is 12.4. The van der Waals surface area contributed by atoms with Gasteiger partial charge in [-0.05, 0) is 36.0 Å². The maximum Gasteiger partial charge on any atom is 0.278 e. The highest BCUT2D eigenvalue weighted by molar-refractivity contribution is 5.77. The first kappa shape index (κ1) is 24.3.